The Balaban J connectivity index is 2.41. The molecule has 0 saturated heterocycles. The van der Waals surface area contributed by atoms with Crippen LogP contribution in [0.15, 0.2) is 30.3 Å². The van der Waals surface area contributed by atoms with Gasteiger partial charge in [0.15, 0.2) is 0 Å². The molecule has 1 unspecified atom stereocenters. The van der Waals surface area contributed by atoms with E-state index in [4.69, 9.17) is 5.73 Å². The second kappa shape index (κ2) is 8.98. The van der Waals surface area contributed by atoms with Gasteiger partial charge in [0, 0.05) is 18.8 Å². The number of rotatable bonds is 9. The first-order valence-corrected chi connectivity index (χ1v) is 7.69. The Morgan fingerprint density at radius 1 is 1.11 bits per heavy atom. The van der Waals surface area contributed by atoms with Gasteiger partial charge in [-0.25, -0.2) is 0 Å². The van der Waals surface area contributed by atoms with E-state index in [1.54, 1.807) is 0 Å². The minimum Gasteiger partial charge on any atom is -0.372 e. The highest BCUT2D eigenvalue weighted by Gasteiger charge is 2.13. The Bertz CT molecular complexity index is 321. The Morgan fingerprint density at radius 3 is 2.32 bits per heavy atom. The Kier molecular flexibility index (Phi) is 7.57. The van der Waals surface area contributed by atoms with Crippen LogP contribution in [-0.4, -0.2) is 19.6 Å². The van der Waals surface area contributed by atoms with Crippen LogP contribution in [0.5, 0.6) is 0 Å². The summed E-state index contributed by atoms with van der Waals surface area (Å²) in [5, 5.41) is 0. The molecule has 2 N–H and O–H groups in total. The van der Waals surface area contributed by atoms with Crippen molar-refractivity contribution in [1.29, 1.82) is 0 Å². The van der Waals surface area contributed by atoms with Gasteiger partial charge < -0.3 is 10.6 Å². The maximum absolute atomic E-state index is 5.71. The van der Waals surface area contributed by atoms with E-state index in [-0.39, 0.29) is 0 Å². The SMILES string of the molecule is CCN(CCCC(CCN)C(C)C)c1ccccc1. The summed E-state index contributed by atoms with van der Waals surface area (Å²) in [5.74, 6) is 1.52. The lowest BCUT2D eigenvalue weighted by atomic mass is 9.88. The summed E-state index contributed by atoms with van der Waals surface area (Å²) >= 11 is 0. The number of nitrogens with zero attached hydrogens (tertiary/aromatic N) is 1. The zero-order chi connectivity index (χ0) is 14.1. The number of para-hydroxylation sites is 1. The molecule has 1 aromatic rings. The smallest absolute Gasteiger partial charge is 0.0366 e. The van der Waals surface area contributed by atoms with Crippen molar-refractivity contribution >= 4 is 5.69 Å². The van der Waals surface area contributed by atoms with Crippen LogP contribution in [0.4, 0.5) is 5.69 Å². The molecule has 1 aromatic carbocycles. The molecule has 0 aliphatic carbocycles. The third-order valence-electron chi connectivity index (χ3n) is 3.99. The Morgan fingerprint density at radius 2 is 1.79 bits per heavy atom. The van der Waals surface area contributed by atoms with Gasteiger partial charge in [0.25, 0.3) is 0 Å². The van der Waals surface area contributed by atoms with E-state index >= 15 is 0 Å². The minimum absolute atomic E-state index is 0.746. The number of benzene rings is 1. The van der Waals surface area contributed by atoms with Crippen LogP contribution in [-0.2, 0) is 0 Å². The van der Waals surface area contributed by atoms with Crippen LogP contribution >= 0.6 is 0 Å². The third-order valence-corrected chi connectivity index (χ3v) is 3.99. The van der Waals surface area contributed by atoms with Crippen LogP contribution in [0.1, 0.15) is 40.0 Å². The molecule has 0 bridgehead atoms. The first-order valence-electron chi connectivity index (χ1n) is 7.69. The number of anilines is 1. The van der Waals surface area contributed by atoms with Crippen molar-refractivity contribution in [3.63, 3.8) is 0 Å². The maximum atomic E-state index is 5.71. The first-order chi connectivity index (χ1) is 9.19. The highest BCUT2D eigenvalue weighted by Crippen LogP contribution is 2.21. The monoisotopic (exact) mass is 262 g/mol. The van der Waals surface area contributed by atoms with Gasteiger partial charge in [-0.1, -0.05) is 32.0 Å². The van der Waals surface area contributed by atoms with E-state index in [1.165, 1.54) is 18.5 Å². The van der Waals surface area contributed by atoms with E-state index in [0.29, 0.717) is 0 Å². The zero-order valence-electron chi connectivity index (χ0n) is 12.8. The molecule has 0 heterocycles. The molecule has 0 spiro atoms. The van der Waals surface area contributed by atoms with Crippen LogP contribution < -0.4 is 10.6 Å². The minimum atomic E-state index is 0.746. The van der Waals surface area contributed by atoms with Gasteiger partial charge in [-0.3, -0.25) is 0 Å². The molecule has 1 atom stereocenters. The molecule has 108 valence electrons. The summed E-state index contributed by atoms with van der Waals surface area (Å²) in [6, 6.07) is 10.7. The fourth-order valence-corrected chi connectivity index (χ4v) is 2.68. The largest absolute Gasteiger partial charge is 0.372 e. The fraction of sp³-hybridized carbons (Fsp3) is 0.647. The zero-order valence-corrected chi connectivity index (χ0v) is 12.8. The van der Waals surface area contributed by atoms with E-state index < -0.39 is 0 Å². The summed E-state index contributed by atoms with van der Waals surface area (Å²) < 4.78 is 0. The highest BCUT2D eigenvalue weighted by molar-refractivity contribution is 5.45. The molecule has 2 nitrogen and oxygen atoms in total. The molecule has 0 saturated carbocycles. The summed E-state index contributed by atoms with van der Waals surface area (Å²) in [6.07, 6.45) is 3.71. The molecule has 0 fully saturated rings. The molecule has 0 amide bonds. The van der Waals surface area contributed by atoms with Crippen LogP contribution in [0.25, 0.3) is 0 Å². The van der Waals surface area contributed by atoms with Crippen LogP contribution in [0.2, 0.25) is 0 Å². The van der Waals surface area contributed by atoms with Crippen molar-refractivity contribution in [3.05, 3.63) is 30.3 Å². The highest BCUT2D eigenvalue weighted by atomic mass is 15.1. The second-order valence-corrected chi connectivity index (χ2v) is 5.64. The average molecular weight is 262 g/mol. The molecule has 0 aromatic heterocycles. The van der Waals surface area contributed by atoms with Crippen molar-refractivity contribution in [2.75, 3.05) is 24.5 Å². The summed E-state index contributed by atoms with van der Waals surface area (Å²) in [6.45, 7) is 9.90. The predicted octanol–water partition coefficient (Wildman–Crippen LogP) is 3.91. The number of hydrogen-bond donors (Lipinski definition) is 1. The quantitative estimate of drug-likeness (QED) is 0.731. The Hall–Kier alpha value is -1.02. The summed E-state index contributed by atoms with van der Waals surface area (Å²) in [7, 11) is 0. The maximum Gasteiger partial charge on any atom is 0.0366 e. The van der Waals surface area contributed by atoms with Gasteiger partial charge >= 0.3 is 0 Å². The van der Waals surface area contributed by atoms with Crippen LogP contribution in [0, 0.1) is 11.8 Å². The normalized spacial score (nSPS) is 12.7. The van der Waals surface area contributed by atoms with E-state index in [9.17, 15) is 0 Å². The van der Waals surface area contributed by atoms with Crippen molar-refractivity contribution in [3.8, 4) is 0 Å². The topological polar surface area (TPSA) is 29.3 Å². The second-order valence-electron chi connectivity index (χ2n) is 5.64. The van der Waals surface area contributed by atoms with Gasteiger partial charge in [0.05, 0.1) is 0 Å². The lowest BCUT2D eigenvalue weighted by Gasteiger charge is -2.25. The average Bonchev–Trinajstić information content (AvgIpc) is 2.43. The molecule has 0 aliphatic rings. The molecule has 2 heteroatoms. The molecule has 0 radical (unpaired) electrons. The van der Waals surface area contributed by atoms with E-state index in [1.807, 2.05) is 0 Å². The van der Waals surface area contributed by atoms with Crippen molar-refractivity contribution in [1.82, 2.24) is 0 Å². The van der Waals surface area contributed by atoms with Crippen molar-refractivity contribution < 1.29 is 0 Å². The lowest BCUT2D eigenvalue weighted by Crippen LogP contribution is -2.25. The van der Waals surface area contributed by atoms with Gasteiger partial charge in [-0.05, 0) is 56.7 Å². The molecule has 19 heavy (non-hydrogen) atoms. The van der Waals surface area contributed by atoms with E-state index in [0.717, 1.165) is 37.9 Å². The Labute approximate surface area is 119 Å². The van der Waals surface area contributed by atoms with E-state index in [2.05, 4.69) is 56.0 Å². The summed E-state index contributed by atoms with van der Waals surface area (Å²) in [5.41, 5.74) is 7.04. The van der Waals surface area contributed by atoms with Crippen molar-refractivity contribution in [2.45, 2.75) is 40.0 Å². The number of hydrogen-bond acceptors (Lipinski definition) is 2. The van der Waals surface area contributed by atoms with Crippen LogP contribution in [0.3, 0.4) is 0 Å². The fourth-order valence-electron chi connectivity index (χ4n) is 2.68. The summed E-state index contributed by atoms with van der Waals surface area (Å²) in [4.78, 5) is 2.46. The first kappa shape index (κ1) is 16.0. The molecule has 1 rings (SSSR count). The van der Waals surface area contributed by atoms with Gasteiger partial charge in [-0.2, -0.15) is 0 Å². The van der Waals surface area contributed by atoms with Crippen molar-refractivity contribution in [2.24, 2.45) is 17.6 Å². The van der Waals surface area contributed by atoms with Gasteiger partial charge in [-0.15, -0.1) is 0 Å². The molecule has 0 aliphatic heterocycles. The van der Waals surface area contributed by atoms with Gasteiger partial charge in [0.2, 0.25) is 0 Å². The standard InChI is InChI=1S/C17H30N2/c1-4-19(17-10-6-5-7-11-17)14-8-9-16(12-13-18)15(2)3/h5-7,10-11,15-16H,4,8-9,12-14,18H2,1-3H3. The molecular weight excluding hydrogens is 232 g/mol. The lowest BCUT2D eigenvalue weighted by molar-refractivity contribution is 0.334. The molecular formula is C17H30N2. The third kappa shape index (κ3) is 5.65. The number of nitrogens with two attached hydrogens (primary N) is 1. The van der Waals surface area contributed by atoms with Gasteiger partial charge in [0.1, 0.15) is 0 Å². The predicted molar refractivity (Wildman–Crippen MR) is 85.6 cm³/mol.